The van der Waals surface area contributed by atoms with Crippen molar-refractivity contribution in [3.05, 3.63) is 58.7 Å². The van der Waals surface area contributed by atoms with Crippen LogP contribution < -0.4 is 0 Å². The van der Waals surface area contributed by atoms with Gasteiger partial charge in [-0.15, -0.1) is 0 Å². The molecule has 0 aromatic carbocycles. The molecule has 5 rings (SSSR count). The molecule has 182 valence electrons. The highest BCUT2D eigenvalue weighted by atomic mass is 16.2. The Hall–Kier alpha value is -2.36. The highest BCUT2D eigenvalue weighted by Crippen LogP contribution is 2.49. The highest BCUT2D eigenvalue weighted by Gasteiger charge is 2.50. The zero-order valence-corrected chi connectivity index (χ0v) is 20.9. The van der Waals surface area contributed by atoms with Crippen molar-refractivity contribution in [2.24, 2.45) is 11.8 Å². The Morgan fingerprint density at radius 1 is 0.794 bits per heavy atom. The van der Waals surface area contributed by atoms with Crippen molar-refractivity contribution < 1.29 is 9.59 Å². The largest absolute Gasteiger partial charge is 0.287 e. The van der Waals surface area contributed by atoms with Crippen LogP contribution in [-0.2, 0) is 9.59 Å². The summed E-state index contributed by atoms with van der Waals surface area (Å²) in [4.78, 5) is 30.8. The molecule has 0 bridgehead atoms. The molecule has 0 aromatic rings. The van der Waals surface area contributed by atoms with Gasteiger partial charge >= 0.3 is 0 Å². The molecule has 4 nitrogen and oxygen atoms in total. The molecular formula is C30H40N2O2. The van der Waals surface area contributed by atoms with E-state index in [1.165, 1.54) is 76.2 Å². The number of hydrogen-bond donors (Lipinski definition) is 0. The molecule has 2 amide bonds. The molecule has 4 heteroatoms. The number of fused-ring (bicyclic) bond motifs is 5. The minimum atomic E-state index is -0.00582. The van der Waals surface area contributed by atoms with Gasteiger partial charge in [-0.25, -0.2) is 0 Å². The predicted octanol–water partition coefficient (Wildman–Crippen LogP) is 7.28. The fraction of sp³-hybridized carbons (Fsp3) is 0.600. The SMILES string of the molecule is CCCCCCCC1=CC2=C3C(=O)N4C=CC5CCCCCCCCCC5C4=C3C(=O)N2C=C1. The van der Waals surface area contributed by atoms with Crippen LogP contribution >= 0.6 is 0 Å². The zero-order valence-electron chi connectivity index (χ0n) is 20.9. The van der Waals surface area contributed by atoms with Crippen molar-refractivity contribution in [1.29, 1.82) is 0 Å². The minimum Gasteiger partial charge on any atom is -0.287 e. The maximum Gasteiger partial charge on any atom is 0.265 e. The average Bonchev–Trinajstić information content (AvgIpc) is 3.28. The number of carbonyl (C=O) groups is 2. The highest BCUT2D eigenvalue weighted by molar-refractivity contribution is 6.20. The fourth-order valence-electron chi connectivity index (χ4n) is 6.48. The van der Waals surface area contributed by atoms with E-state index in [1.54, 1.807) is 4.90 Å². The number of rotatable bonds is 6. The van der Waals surface area contributed by atoms with Gasteiger partial charge in [-0.2, -0.15) is 0 Å². The van der Waals surface area contributed by atoms with Crippen LogP contribution in [0, 0.1) is 11.8 Å². The van der Waals surface area contributed by atoms with Gasteiger partial charge in [0, 0.05) is 24.0 Å². The molecule has 34 heavy (non-hydrogen) atoms. The molecule has 1 saturated carbocycles. The molecule has 1 fully saturated rings. The normalized spacial score (nSPS) is 26.9. The summed E-state index contributed by atoms with van der Waals surface area (Å²) in [5.74, 6) is 0.697. The molecule has 0 aromatic heterocycles. The van der Waals surface area contributed by atoms with Crippen LogP contribution in [0.2, 0.25) is 0 Å². The Morgan fingerprint density at radius 2 is 1.50 bits per heavy atom. The summed E-state index contributed by atoms with van der Waals surface area (Å²) >= 11 is 0. The quantitative estimate of drug-likeness (QED) is 0.391. The topological polar surface area (TPSA) is 40.6 Å². The lowest BCUT2D eigenvalue weighted by Crippen LogP contribution is -2.34. The first kappa shape index (κ1) is 23.4. The molecule has 4 heterocycles. The predicted molar refractivity (Wildman–Crippen MR) is 136 cm³/mol. The molecule has 0 radical (unpaired) electrons. The van der Waals surface area contributed by atoms with Crippen molar-refractivity contribution >= 4 is 11.8 Å². The summed E-state index contributed by atoms with van der Waals surface area (Å²) in [6.45, 7) is 2.24. The lowest BCUT2D eigenvalue weighted by molar-refractivity contribution is -0.123. The summed E-state index contributed by atoms with van der Waals surface area (Å²) in [5, 5.41) is 0. The Morgan fingerprint density at radius 3 is 2.29 bits per heavy atom. The van der Waals surface area contributed by atoms with Crippen molar-refractivity contribution in [1.82, 2.24) is 9.80 Å². The maximum atomic E-state index is 13.6. The number of hydrogen-bond acceptors (Lipinski definition) is 2. The minimum absolute atomic E-state index is 0.00582. The molecule has 5 aliphatic rings. The van der Waals surface area contributed by atoms with Gasteiger partial charge in [-0.05, 0) is 49.3 Å². The van der Waals surface area contributed by atoms with Crippen molar-refractivity contribution in [2.75, 3.05) is 0 Å². The zero-order chi connectivity index (χ0) is 23.5. The second-order valence-electron chi connectivity index (χ2n) is 10.7. The van der Waals surface area contributed by atoms with Gasteiger partial charge in [0.25, 0.3) is 11.8 Å². The van der Waals surface area contributed by atoms with E-state index in [0.29, 0.717) is 17.1 Å². The van der Waals surface area contributed by atoms with Gasteiger partial charge in [0.1, 0.15) is 0 Å². The third kappa shape index (κ3) is 4.36. The number of amides is 2. The molecule has 0 saturated heterocycles. The maximum absolute atomic E-state index is 13.6. The molecule has 0 N–H and O–H groups in total. The summed E-state index contributed by atoms with van der Waals surface area (Å²) < 4.78 is 0. The van der Waals surface area contributed by atoms with Crippen molar-refractivity contribution in [2.45, 2.75) is 103 Å². The fourth-order valence-corrected chi connectivity index (χ4v) is 6.48. The second-order valence-corrected chi connectivity index (χ2v) is 10.7. The molecule has 2 atom stereocenters. The van der Waals surface area contributed by atoms with E-state index < -0.39 is 0 Å². The van der Waals surface area contributed by atoms with Crippen LogP contribution in [0.5, 0.6) is 0 Å². The number of unbranched alkanes of at least 4 members (excludes halogenated alkanes) is 4. The lowest BCUT2D eigenvalue weighted by atomic mass is 9.79. The first-order valence-electron chi connectivity index (χ1n) is 13.9. The van der Waals surface area contributed by atoms with E-state index in [0.717, 1.165) is 37.1 Å². The number of carbonyl (C=O) groups excluding carboxylic acids is 2. The van der Waals surface area contributed by atoms with Crippen LogP contribution in [0.15, 0.2) is 58.7 Å². The number of nitrogens with zero attached hydrogens (tertiary/aromatic N) is 2. The van der Waals surface area contributed by atoms with E-state index in [2.05, 4.69) is 25.2 Å². The molecule has 1 aliphatic carbocycles. The summed E-state index contributed by atoms with van der Waals surface area (Å²) in [7, 11) is 0. The Labute approximate surface area is 205 Å². The number of allylic oxidation sites excluding steroid dienone is 5. The summed E-state index contributed by atoms with van der Waals surface area (Å²) in [6.07, 6.45) is 28.7. The van der Waals surface area contributed by atoms with Gasteiger partial charge in [-0.3, -0.25) is 19.4 Å². The Kier molecular flexibility index (Phi) is 7.22. The average molecular weight is 461 g/mol. The van der Waals surface area contributed by atoms with Gasteiger partial charge in [0.15, 0.2) is 0 Å². The van der Waals surface area contributed by atoms with E-state index in [-0.39, 0.29) is 17.7 Å². The van der Waals surface area contributed by atoms with E-state index >= 15 is 0 Å². The molecule has 4 aliphatic heterocycles. The Bertz CT molecular complexity index is 980. The lowest BCUT2D eigenvalue weighted by Gasteiger charge is -2.35. The van der Waals surface area contributed by atoms with E-state index in [1.807, 2.05) is 17.3 Å². The molecular weight excluding hydrogens is 420 g/mol. The first-order chi connectivity index (χ1) is 16.7. The Balaban J connectivity index is 1.44. The van der Waals surface area contributed by atoms with Crippen LogP contribution in [-0.4, -0.2) is 21.6 Å². The van der Waals surface area contributed by atoms with E-state index in [9.17, 15) is 9.59 Å². The standard InChI is InChI=1S/C30H40N2O2/c1-2-3-4-8-11-14-22-17-19-31-25(21-22)26-27(30(31)34)28-24-16-13-10-7-5-6-9-12-15-23(24)18-20-32(28)29(26)33/h17-21,23-24H,2-16H2,1H3. The van der Waals surface area contributed by atoms with Crippen LogP contribution in [0.4, 0.5) is 0 Å². The first-order valence-corrected chi connectivity index (χ1v) is 13.9. The van der Waals surface area contributed by atoms with Gasteiger partial charge < -0.3 is 0 Å². The van der Waals surface area contributed by atoms with Crippen LogP contribution in [0.25, 0.3) is 0 Å². The van der Waals surface area contributed by atoms with E-state index in [4.69, 9.17) is 0 Å². The van der Waals surface area contributed by atoms with Gasteiger partial charge in [-0.1, -0.05) is 83.6 Å². The second kappa shape index (κ2) is 10.5. The summed E-state index contributed by atoms with van der Waals surface area (Å²) in [6, 6.07) is 0. The van der Waals surface area contributed by atoms with Crippen molar-refractivity contribution in [3.8, 4) is 0 Å². The summed E-state index contributed by atoms with van der Waals surface area (Å²) in [5.41, 5.74) is 4.38. The van der Waals surface area contributed by atoms with Crippen molar-refractivity contribution in [3.63, 3.8) is 0 Å². The third-order valence-electron chi connectivity index (χ3n) is 8.38. The monoisotopic (exact) mass is 460 g/mol. The van der Waals surface area contributed by atoms with Gasteiger partial charge in [0.2, 0.25) is 0 Å². The van der Waals surface area contributed by atoms with Crippen LogP contribution in [0.3, 0.4) is 0 Å². The van der Waals surface area contributed by atoms with Crippen LogP contribution in [0.1, 0.15) is 103 Å². The molecule has 2 unspecified atom stereocenters. The third-order valence-corrected chi connectivity index (χ3v) is 8.38. The molecule has 0 spiro atoms. The smallest absolute Gasteiger partial charge is 0.265 e. The van der Waals surface area contributed by atoms with Gasteiger partial charge in [0.05, 0.1) is 16.8 Å².